The van der Waals surface area contributed by atoms with E-state index in [2.05, 4.69) is 16.7 Å². The molecule has 0 aliphatic heterocycles. The number of rotatable bonds is 12. The standard InChI is InChI=1S/C19H24N2O5/c22-14-16-2-4-17-11-15(1-3-18(17)12-16)13-20-5-7-25-9-10-26-8-6-21-19(23)24/h1-4,11-12,14,20-21H,5-10,13H2,(H,23,24). The second kappa shape index (κ2) is 11.2. The molecule has 0 bridgehead atoms. The minimum atomic E-state index is -1.05. The number of hydrogen-bond donors (Lipinski definition) is 3. The van der Waals surface area contributed by atoms with Crippen LogP contribution in [0.25, 0.3) is 10.8 Å². The molecule has 0 aliphatic rings. The van der Waals surface area contributed by atoms with Gasteiger partial charge < -0.3 is 25.2 Å². The second-order valence-electron chi connectivity index (χ2n) is 5.69. The number of benzene rings is 2. The highest BCUT2D eigenvalue weighted by Gasteiger charge is 1.99. The fourth-order valence-electron chi connectivity index (χ4n) is 2.43. The van der Waals surface area contributed by atoms with E-state index < -0.39 is 6.09 Å². The Morgan fingerprint density at radius 2 is 1.65 bits per heavy atom. The number of fused-ring (bicyclic) bond motifs is 1. The van der Waals surface area contributed by atoms with Crippen LogP contribution in [-0.4, -0.2) is 57.0 Å². The number of hydrogen-bond acceptors (Lipinski definition) is 5. The smallest absolute Gasteiger partial charge is 0.404 e. The van der Waals surface area contributed by atoms with E-state index in [0.29, 0.717) is 32.0 Å². The fraction of sp³-hybridized carbons (Fsp3) is 0.368. The molecule has 0 aromatic heterocycles. The van der Waals surface area contributed by atoms with Gasteiger partial charge in [0.2, 0.25) is 0 Å². The summed E-state index contributed by atoms with van der Waals surface area (Å²) in [4.78, 5) is 21.0. The van der Waals surface area contributed by atoms with Crippen molar-refractivity contribution in [2.45, 2.75) is 6.54 Å². The Labute approximate surface area is 152 Å². The third-order valence-corrected chi connectivity index (χ3v) is 3.71. The summed E-state index contributed by atoms with van der Waals surface area (Å²) in [6.45, 7) is 3.57. The Balaban J connectivity index is 1.55. The molecule has 0 radical (unpaired) electrons. The number of aldehydes is 1. The Kier molecular flexibility index (Phi) is 8.54. The molecule has 0 saturated heterocycles. The van der Waals surface area contributed by atoms with Crippen LogP contribution in [-0.2, 0) is 16.0 Å². The summed E-state index contributed by atoms with van der Waals surface area (Å²) >= 11 is 0. The zero-order valence-electron chi connectivity index (χ0n) is 14.6. The van der Waals surface area contributed by atoms with Crippen LogP contribution < -0.4 is 10.6 Å². The molecule has 0 atom stereocenters. The molecule has 0 spiro atoms. The van der Waals surface area contributed by atoms with Gasteiger partial charge in [-0.05, 0) is 28.5 Å². The fourth-order valence-corrected chi connectivity index (χ4v) is 2.43. The highest BCUT2D eigenvalue weighted by Crippen LogP contribution is 2.17. The van der Waals surface area contributed by atoms with E-state index in [1.165, 1.54) is 5.56 Å². The van der Waals surface area contributed by atoms with Crippen LogP contribution in [0, 0.1) is 0 Å². The third kappa shape index (κ3) is 7.18. The molecule has 0 unspecified atom stereocenters. The van der Waals surface area contributed by atoms with Gasteiger partial charge in [0, 0.05) is 25.2 Å². The van der Waals surface area contributed by atoms with Crippen molar-refractivity contribution in [2.24, 2.45) is 0 Å². The minimum absolute atomic E-state index is 0.277. The highest BCUT2D eigenvalue weighted by atomic mass is 16.5. The number of amides is 1. The van der Waals surface area contributed by atoms with Crippen molar-refractivity contribution in [1.29, 1.82) is 0 Å². The Morgan fingerprint density at radius 1 is 0.962 bits per heavy atom. The van der Waals surface area contributed by atoms with Gasteiger partial charge in [-0.3, -0.25) is 4.79 Å². The summed E-state index contributed by atoms with van der Waals surface area (Å²) in [6, 6.07) is 11.8. The van der Waals surface area contributed by atoms with E-state index in [1.807, 2.05) is 30.3 Å². The van der Waals surface area contributed by atoms with Gasteiger partial charge in [-0.2, -0.15) is 0 Å². The average molecular weight is 360 g/mol. The number of ether oxygens (including phenoxy) is 2. The lowest BCUT2D eigenvalue weighted by atomic mass is 10.0. The van der Waals surface area contributed by atoms with Gasteiger partial charge in [-0.15, -0.1) is 0 Å². The van der Waals surface area contributed by atoms with Crippen LogP contribution in [0.5, 0.6) is 0 Å². The molecule has 26 heavy (non-hydrogen) atoms. The summed E-state index contributed by atoms with van der Waals surface area (Å²) in [7, 11) is 0. The van der Waals surface area contributed by atoms with Crippen molar-refractivity contribution in [3.05, 3.63) is 47.5 Å². The first-order valence-electron chi connectivity index (χ1n) is 8.50. The maximum atomic E-state index is 10.8. The van der Waals surface area contributed by atoms with Crippen LogP contribution in [0.2, 0.25) is 0 Å². The van der Waals surface area contributed by atoms with Crippen molar-refractivity contribution in [2.75, 3.05) is 39.5 Å². The quantitative estimate of drug-likeness (QED) is 0.396. The van der Waals surface area contributed by atoms with Crippen LogP contribution in [0.15, 0.2) is 36.4 Å². The molecular formula is C19H24N2O5. The minimum Gasteiger partial charge on any atom is -0.465 e. The molecule has 7 nitrogen and oxygen atoms in total. The van der Waals surface area contributed by atoms with E-state index >= 15 is 0 Å². The number of nitrogens with one attached hydrogen (secondary N) is 2. The zero-order chi connectivity index (χ0) is 18.6. The van der Waals surface area contributed by atoms with E-state index in [1.54, 1.807) is 0 Å². The van der Waals surface area contributed by atoms with Crippen LogP contribution in [0.4, 0.5) is 4.79 Å². The van der Waals surface area contributed by atoms with Gasteiger partial charge in [0.15, 0.2) is 0 Å². The Morgan fingerprint density at radius 3 is 2.38 bits per heavy atom. The van der Waals surface area contributed by atoms with Gasteiger partial charge in [0.1, 0.15) is 6.29 Å². The second-order valence-corrected chi connectivity index (χ2v) is 5.69. The van der Waals surface area contributed by atoms with Crippen molar-refractivity contribution in [1.82, 2.24) is 10.6 Å². The van der Waals surface area contributed by atoms with Crippen LogP contribution in [0.3, 0.4) is 0 Å². The largest absolute Gasteiger partial charge is 0.465 e. The molecule has 0 aliphatic carbocycles. The van der Waals surface area contributed by atoms with Crippen molar-refractivity contribution in [3.63, 3.8) is 0 Å². The van der Waals surface area contributed by atoms with Gasteiger partial charge in [-0.25, -0.2) is 4.79 Å². The maximum absolute atomic E-state index is 10.8. The predicted octanol–water partition coefficient (Wildman–Crippen LogP) is 2.04. The van der Waals surface area contributed by atoms with Crippen molar-refractivity contribution < 1.29 is 24.2 Å². The first-order chi connectivity index (χ1) is 12.7. The number of carboxylic acid groups (broad SMARTS) is 1. The summed E-state index contributed by atoms with van der Waals surface area (Å²) in [5, 5.41) is 16.1. The first-order valence-corrected chi connectivity index (χ1v) is 8.50. The van der Waals surface area contributed by atoms with Gasteiger partial charge in [0.05, 0.1) is 26.4 Å². The van der Waals surface area contributed by atoms with E-state index in [4.69, 9.17) is 14.6 Å². The molecular weight excluding hydrogens is 336 g/mol. The van der Waals surface area contributed by atoms with Gasteiger partial charge >= 0.3 is 6.09 Å². The monoisotopic (exact) mass is 360 g/mol. The lowest BCUT2D eigenvalue weighted by molar-refractivity contribution is 0.0499. The first kappa shape index (κ1) is 19.8. The number of carbonyl (C=O) groups is 2. The van der Waals surface area contributed by atoms with Gasteiger partial charge in [-0.1, -0.05) is 24.3 Å². The number of carbonyl (C=O) groups excluding carboxylic acids is 1. The lowest BCUT2D eigenvalue weighted by Gasteiger charge is -2.08. The average Bonchev–Trinajstić information content (AvgIpc) is 2.65. The Hall–Kier alpha value is -2.48. The lowest BCUT2D eigenvalue weighted by Crippen LogP contribution is -2.26. The van der Waals surface area contributed by atoms with Crippen molar-refractivity contribution in [3.8, 4) is 0 Å². The molecule has 7 heteroatoms. The van der Waals surface area contributed by atoms with Crippen LogP contribution >= 0.6 is 0 Å². The normalized spacial score (nSPS) is 10.8. The third-order valence-electron chi connectivity index (χ3n) is 3.71. The molecule has 2 aromatic carbocycles. The summed E-state index contributed by atoms with van der Waals surface area (Å²) in [5.41, 5.74) is 1.85. The van der Waals surface area contributed by atoms with Crippen molar-refractivity contribution >= 4 is 23.2 Å². The molecule has 0 saturated carbocycles. The SMILES string of the molecule is O=Cc1ccc2cc(CNCCOCCOCCNC(=O)O)ccc2c1. The molecule has 2 aromatic rings. The van der Waals surface area contributed by atoms with Gasteiger partial charge in [0.25, 0.3) is 0 Å². The zero-order valence-corrected chi connectivity index (χ0v) is 14.6. The van der Waals surface area contributed by atoms with E-state index in [-0.39, 0.29) is 6.54 Å². The highest BCUT2D eigenvalue weighted by molar-refractivity contribution is 5.89. The predicted molar refractivity (Wildman–Crippen MR) is 98.7 cm³/mol. The topological polar surface area (TPSA) is 96.9 Å². The van der Waals surface area contributed by atoms with E-state index in [9.17, 15) is 9.59 Å². The maximum Gasteiger partial charge on any atom is 0.404 e. The molecule has 0 heterocycles. The molecule has 3 N–H and O–H groups in total. The molecule has 1 amide bonds. The summed E-state index contributed by atoms with van der Waals surface area (Å²) in [5.74, 6) is 0. The van der Waals surface area contributed by atoms with Crippen LogP contribution in [0.1, 0.15) is 15.9 Å². The molecule has 0 fully saturated rings. The molecule has 140 valence electrons. The summed E-state index contributed by atoms with van der Waals surface area (Å²) in [6.07, 6.45) is -0.194. The van der Waals surface area contributed by atoms with E-state index in [0.717, 1.165) is 30.1 Å². The Bertz CT molecular complexity index is 720. The summed E-state index contributed by atoms with van der Waals surface area (Å²) < 4.78 is 10.7. The molecule has 2 rings (SSSR count).